The number of aryl methyl sites for hydroxylation is 1. The van der Waals surface area contributed by atoms with Gasteiger partial charge < -0.3 is 10.1 Å². The summed E-state index contributed by atoms with van der Waals surface area (Å²) < 4.78 is 5.71. The largest absolute Gasteiger partial charge is 0.455 e. The quantitative estimate of drug-likeness (QED) is 0.666. The van der Waals surface area contributed by atoms with Crippen LogP contribution in [0.2, 0.25) is 0 Å². The van der Waals surface area contributed by atoms with E-state index in [1.54, 1.807) is 25.4 Å². The third kappa shape index (κ3) is 3.23. The highest BCUT2D eigenvalue weighted by Crippen LogP contribution is 2.28. The maximum Gasteiger partial charge on any atom is 0.269 e. The Bertz CT molecular complexity index is 629. The predicted octanol–water partition coefficient (Wildman–Crippen LogP) is 3.52. The average molecular weight is 273 g/mol. The normalized spacial score (nSPS) is 10.1. The molecule has 104 valence electrons. The molecule has 0 saturated heterocycles. The fourth-order valence-electron chi connectivity index (χ4n) is 1.76. The maximum absolute atomic E-state index is 10.7. The van der Waals surface area contributed by atoms with E-state index in [1.165, 1.54) is 12.1 Å². The summed E-state index contributed by atoms with van der Waals surface area (Å²) in [7, 11) is 0. The number of pyridine rings is 1. The fourth-order valence-corrected chi connectivity index (χ4v) is 1.76. The van der Waals surface area contributed by atoms with Gasteiger partial charge in [-0.05, 0) is 25.5 Å². The number of non-ortho nitro benzene ring substituents is 1. The number of ether oxygens (including phenoxy) is 1. The number of nitrogens with one attached hydrogen (secondary N) is 1. The van der Waals surface area contributed by atoms with Crippen molar-refractivity contribution >= 4 is 11.4 Å². The molecule has 1 aromatic heterocycles. The number of hydrogen-bond donors (Lipinski definition) is 1. The summed E-state index contributed by atoms with van der Waals surface area (Å²) in [5.74, 6) is 1.16. The molecular formula is C14H15N3O3. The number of hydrogen-bond acceptors (Lipinski definition) is 5. The van der Waals surface area contributed by atoms with E-state index in [0.29, 0.717) is 17.1 Å². The second-order valence-corrected chi connectivity index (χ2v) is 4.25. The average Bonchev–Trinajstić information content (AvgIpc) is 2.42. The molecule has 6 nitrogen and oxygen atoms in total. The lowest BCUT2D eigenvalue weighted by molar-refractivity contribution is -0.384. The topological polar surface area (TPSA) is 77.3 Å². The van der Waals surface area contributed by atoms with Gasteiger partial charge in [0.1, 0.15) is 11.5 Å². The Balaban J connectivity index is 2.21. The molecule has 0 fully saturated rings. The highest BCUT2D eigenvalue weighted by atomic mass is 16.6. The molecule has 0 aliphatic rings. The van der Waals surface area contributed by atoms with E-state index in [9.17, 15) is 10.1 Å². The van der Waals surface area contributed by atoms with Crippen LogP contribution in [0.4, 0.5) is 11.4 Å². The van der Waals surface area contributed by atoms with Crippen molar-refractivity contribution in [3.05, 3.63) is 52.3 Å². The van der Waals surface area contributed by atoms with Crippen LogP contribution in [0.3, 0.4) is 0 Å². The molecule has 6 heteroatoms. The highest BCUT2D eigenvalue weighted by molar-refractivity contribution is 5.48. The van der Waals surface area contributed by atoms with Crippen LogP contribution in [0.25, 0.3) is 0 Å². The molecule has 1 N–H and O–H groups in total. The van der Waals surface area contributed by atoms with Crippen LogP contribution < -0.4 is 10.1 Å². The van der Waals surface area contributed by atoms with Crippen molar-refractivity contribution in [3.63, 3.8) is 0 Å². The van der Waals surface area contributed by atoms with Gasteiger partial charge in [-0.1, -0.05) is 0 Å². The van der Waals surface area contributed by atoms with Gasteiger partial charge in [-0.15, -0.1) is 0 Å². The zero-order valence-electron chi connectivity index (χ0n) is 11.3. The molecule has 0 amide bonds. The van der Waals surface area contributed by atoms with E-state index in [-0.39, 0.29) is 5.69 Å². The maximum atomic E-state index is 10.7. The molecular weight excluding hydrogens is 258 g/mol. The van der Waals surface area contributed by atoms with Crippen molar-refractivity contribution in [1.82, 2.24) is 4.98 Å². The molecule has 1 heterocycles. The Hall–Kier alpha value is -2.63. The van der Waals surface area contributed by atoms with E-state index >= 15 is 0 Å². The van der Waals surface area contributed by atoms with Crippen LogP contribution in [0, 0.1) is 17.0 Å². The van der Waals surface area contributed by atoms with Crippen molar-refractivity contribution in [2.45, 2.75) is 13.8 Å². The van der Waals surface area contributed by atoms with Crippen LogP contribution in [0.5, 0.6) is 11.5 Å². The van der Waals surface area contributed by atoms with Gasteiger partial charge in [0.25, 0.3) is 5.69 Å². The number of anilines is 1. The Kier molecular flexibility index (Phi) is 4.14. The third-order valence-electron chi connectivity index (χ3n) is 2.69. The van der Waals surface area contributed by atoms with Gasteiger partial charge in [0.2, 0.25) is 0 Å². The summed E-state index contributed by atoms with van der Waals surface area (Å²) in [5.41, 5.74) is 1.62. The second-order valence-electron chi connectivity index (χ2n) is 4.25. The molecule has 0 spiro atoms. The molecule has 2 aromatic rings. The first-order valence-corrected chi connectivity index (χ1v) is 6.22. The Morgan fingerprint density at radius 2 is 2.15 bits per heavy atom. The lowest BCUT2D eigenvalue weighted by Gasteiger charge is -2.09. The smallest absolute Gasteiger partial charge is 0.269 e. The minimum Gasteiger partial charge on any atom is -0.455 e. The monoisotopic (exact) mass is 273 g/mol. The molecule has 0 bridgehead atoms. The minimum absolute atomic E-state index is 0.0503. The molecule has 0 radical (unpaired) electrons. The summed E-state index contributed by atoms with van der Waals surface area (Å²) >= 11 is 0. The van der Waals surface area contributed by atoms with E-state index in [2.05, 4.69) is 10.3 Å². The van der Waals surface area contributed by atoms with Crippen LogP contribution in [0.1, 0.15) is 12.5 Å². The summed E-state index contributed by atoms with van der Waals surface area (Å²) in [4.78, 5) is 14.3. The molecule has 20 heavy (non-hydrogen) atoms. The molecule has 0 unspecified atom stereocenters. The first-order valence-electron chi connectivity index (χ1n) is 6.22. The SMILES string of the molecule is CCNc1cncc(Oc2ccc([N+](=O)[O-])cc2C)c1. The van der Waals surface area contributed by atoms with Gasteiger partial charge in [0.15, 0.2) is 0 Å². The van der Waals surface area contributed by atoms with Crippen molar-refractivity contribution in [3.8, 4) is 11.5 Å². The number of rotatable bonds is 5. The van der Waals surface area contributed by atoms with Crippen LogP contribution in [0.15, 0.2) is 36.7 Å². The number of nitrogens with zero attached hydrogens (tertiary/aromatic N) is 2. The summed E-state index contributed by atoms with van der Waals surface area (Å²) in [6.45, 7) is 4.56. The van der Waals surface area contributed by atoms with Crippen LogP contribution >= 0.6 is 0 Å². The third-order valence-corrected chi connectivity index (χ3v) is 2.69. The molecule has 0 atom stereocenters. The standard InChI is InChI=1S/C14H15N3O3/c1-3-16-11-7-13(9-15-8-11)20-14-5-4-12(17(18)19)6-10(14)2/h4-9,16H,3H2,1-2H3. The van der Waals surface area contributed by atoms with E-state index in [4.69, 9.17) is 4.74 Å². The van der Waals surface area contributed by atoms with E-state index in [1.807, 2.05) is 13.0 Å². The van der Waals surface area contributed by atoms with Crippen molar-refractivity contribution in [2.24, 2.45) is 0 Å². The summed E-state index contributed by atoms with van der Waals surface area (Å²) in [6, 6.07) is 6.32. The number of nitro benzene ring substituents is 1. The number of benzene rings is 1. The molecule has 0 aliphatic heterocycles. The zero-order chi connectivity index (χ0) is 14.5. The number of aromatic nitrogens is 1. The Morgan fingerprint density at radius 3 is 2.80 bits per heavy atom. The predicted molar refractivity (Wildman–Crippen MR) is 76.3 cm³/mol. The first-order chi connectivity index (χ1) is 9.60. The van der Waals surface area contributed by atoms with Crippen molar-refractivity contribution in [1.29, 1.82) is 0 Å². The number of nitro groups is 1. The fraction of sp³-hybridized carbons (Fsp3) is 0.214. The van der Waals surface area contributed by atoms with Gasteiger partial charge in [-0.3, -0.25) is 15.1 Å². The summed E-state index contributed by atoms with van der Waals surface area (Å²) in [5, 5.41) is 13.8. The molecule has 1 aromatic carbocycles. The second kappa shape index (κ2) is 6.01. The summed E-state index contributed by atoms with van der Waals surface area (Å²) in [6.07, 6.45) is 3.31. The Morgan fingerprint density at radius 1 is 1.35 bits per heavy atom. The van der Waals surface area contributed by atoms with Crippen LogP contribution in [-0.2, 0) is 0 Å². The molecule has 2 rings (SSSR count). The lowest BCUT2D eigenvalue weighted by Crippen LogP contribution is -1.97. The van der Waals surface area contributed by atoms with Gasteiger partial charge in [-0.25, -0.2) is 0 Å². The van der Waals surface area contributed by atoms with Gasteiger partial charge in [0.05, 0.1) is 23.0 Å². The minimum atomic E-state index is -0.426. The highest BCUT2D eigenvalue weighted by Gasteiger charge is 2.09. The van der Waals surface area contributed by atoms with Gasteiger partial charge in [0, 0.05) is 24.7 Å². The van der Waals surface area contributed by atoms with Gasteiger partial charge in [-0.2, -0.15) is 0 Å². The van der Waals surface area contributed by atoms with Crippen molar-refractivity contribution < 1.29 is 9.66 Å². The van der Waals surface area contributed by atoms with Crippen molar-refractivity contribution in [2.75, 3.05) is 11.9 Å². The van der Waals surface area contributed by atoms with E-state index in [0.717, 1.165) is 12.2 Å². The Labute approximate surface area is 116 Å². The van der Waals surface area contributed by atoms with Gasteiger partial charge >= 0.3 is 0 Å². The van der Waals surface area contributed by atoms with Crippen LogP contribution in [-0.4, -0.2) is 16.5 Å². The first kappa shape index (κ1) is 13.8. The lowest BCUT2D eigenvalue weighted by atomic mass is 10.2. The van der Waals surface area contributed by atoms with E-state index < -0.39 is 4.92 Å². The molecule has 0 aliphatic carbocycles. The zero-order valence-corrected chi connectivity index (χ0v) is 11.3. The molecule has 0 saturated carbocycles.